The zero-order chi connectivity index (χ0) is 12.5. The number of aromatic nitrogens is 1. The molecule has 0 radical (unpaired) electrons. The van der Waals surface area contributed by atoms with Gasteiger partial charge < -0.3 is 5.32 Å². The summed E-state index contributed by atoms with van der Waals surface area (Å²) in [4.78, 5) is 4.61. The minimum absolute atomic E-state index is 0.334. The molecule has 2 rings (SSSR count). The van der Waals surface area contributed by atoms with Crippen LogP contribution in [0.1, 0.15) is 44.0 Å². The topological polar surface area (TPSA) is 48.7 Å². The van der Waals surface area contributed by atoms with E-state index in [0.29, 0.717) is 11.0 Å². The number of nitrogens with zero attached hydrogens (tertiary/aromatic N) is 2. The van der Waals surface area contributed by atoms with E-state index in [-0.39, 0.29) is 0 Å². The minimum atomic E-state index is 0.334. The fraction of sp³-hybridized carbons (Fsp3) is 0.571. The fourth-order valence-electron chi connectivity index (χ4n) is 2.41. The first-order chi connectivity index (χ1) is 8.05. The molecule has 0 saturated carbocycles. The summed E-state index contributed by atoms with van der Waals surface area (Å²) in [5.41, 5.74) is 3.42. The number of nitriles is 1. The number of aryl methyl sites for hydroxylation is 1. The van der Waals surface area contributed by atoms with E-state index >= 15 is 0 Å². The lowest BCUT2D eigenvalue weighted by Gasteiger charge is -2.31. The molecule has 0 unspecified atom stereocenters. The molecule has 1 aliphatic carbocycles. The zero-order valence-corrected chi connectivity index (χ0v) is 10.8. The van der Waals surface area contributed by atoms with Crippen molar-refractivity contribution in [1.82, 2.24) is 4.98 Å². The van der Waals surface area contributed by atoms with Crippen LogP contribution in [-0.2, 0) is 12.8 Å². The number of rotatable bonds is 2. The Labute approximate surface area is 103 Å². The maximum Gasteiger partial charge on any atom is 0.144 e. The smallest absolute Gasteiger partial charge is 0.144 e. The number of anilines is 1. The predicted octanol–water partition coefficient (Wildman–Crippen LogP) is 2.90. The van der Waals surface area contributed by atoms with Crippen LogP contribution in [0.5, 0.6) is 0 Å². The van der Waals surface area contributed by atoms with Crippen LogP contribution in [-0.4, -0.2) is 11.5 Å². The van der Waals surface area contributed by atoms with E-state index in [0.717, 1.165) is 25.2 Å². The molecule has 0 aliphatic heterocycles. The zero-order valence-electron chi connectivity index (χ0n) is 10.8. The molecule has 90 valence electrons. The summed E-state index contributed by atoms with van der Waals surface area (Å²) in [6.45, 7) is 7.37. The molecule has 1 aromatic heterocycles. The van der Waals surface area contributed by atoms with Gasteiger partial charge in [-0.05, 0) is 43.2 Å². The van der Waals surface area contributed by atoms with E-state index in [2.05, 4.69) is 30.2 Å². The Hall–Kier alpha value is -1.56. The summed E-state index contributed by atoms with van der Waals surface area (Å²) < 4.78 is 0. The molecule has 17 heavy (non-hydrogen) atoms. The second-order valence-corrected chi connectivity index (χ2v) is 5.47. The minimum Gasteiger partial charge on any atom is -0.369 e. The molecule has 0 atom stereocenters. The van der Waals surface area contributed by atoms with Gasteiger partial charge >= 0.3 is 0 Å². The number of hydrogen-bond donors (Lipinski definition) is 1. The van der Waals surface area contributed by atoms with Gasteiger partial charge in [-0.3, -0.25) is 0 Å². The van der Waals surface area contributed by atoms with Crippen LogP contribution in [0, 0.1) is 16.7 Å². The van der Waals surface area contributed by atoms with E-state index in [9.17, 15) is 0 Å². The van der Waals surface area contributed by atoms with Crippen LogP contribution in [0.25, 0.3) is 0 Å². The van der Waals surface area contributed by atoms with E-state index in [1.165, 1.54) is 17.7 Å². The lowest BCUT2D eigenvalue weighted by molar-refractivity contribution is 0.312. The van der Waals surface area contributed by atoms with E-state index in [1.807, 2.05) is 13.0 Å². The molecule has 3 heteroatoms. The van der Waals surface area contributed by atoms with E-state index in [1.54, 1.807) is 0 Å². The van der Waals surface area contributed by atoms with Crippen molar-refractivity contribution in [2.75, 3.05) is 11.9 Å². The summed E-state index contributed by atoms with van der Waals surface area (Å²) in [5.74, 6) is 0.744. The lowest BCUT2D eigenvalue weighted by Crippen LogP contribution is -2.23. The Morgan fingerprint density at radius 2 is 2.29 bits per heavy atom. The Balaban J connectivity index is 2.42. The maximum absolute atomic E-state index is 9.15. The molecule has 1 aliphatic rings. The molecule has 3 nitrogen and oxygen atoms in total. The molecule has 0 amide bonds. The standard InChI is InChI=1S/C14H19N3/c1-4-16-13-11(9-15)7-10-8-14(2,3)6-5-12(10)17-13/h7H,4-6,8H2,1-3H3,(H,16,17). The highest BCUT2D eigenvalue weighted by atomic mass is 15.0. The van der Waals surface area contributed by atoms with Gasteiger partial charge in [-0.2, -0.15) is 5.26 Å². The quantitative estimate of drug-likeness (QED) is 0.848. The molecule has 1 N–H and O–H groups in total. The number of fused-ring (bicyclic) bond motifs is 1. The predicted molar refractivity (Wildman–Crippen MR) is 68.9 cm³/mol. The lowest BCUT2D eigenvalue weighted by atomic mass is 9.76. The summed E-state index contributed by atoms with van der Waals surface area (Å²) in [7, 11) is 0. The Morgan fingerprint density at radius 1 is 1.53 bits per heavy atom. The highest BCUT2D eigenvalue weighted by molar-refractivity contribution is 5.54. The first-order valence-corrected chi connectivity index (χ1v) is 6.22. The van der Waals surface area contributed by atoms with Gasteiger partial charge in [0.25, 0.3) is 0 Å². The van der Waals surface area contributed by atoms with Crippen molar-refractivity contribution in [2.24, 2.45) is 5.41 Å². The second kappa shape index (κ2) is 4.37. The van der Waals surface area contributed by atoms with Crippen molar-refractivity contribution in [1.29, 1.82) is 5.26 Å². The molecule has 0 aromatic carbocycles. The van der Waals surface area contributed by atoms with Gasteiger partial charge in [0.05, 0.1) is 5.56 Å². The summed E-state index contributed by atoms with van der Waals surface area (Å²) >= 11 is 0. The van der Waals surface area contributed by atoms with Crippen LogP contribution < -0.4 is 5.32 Å². The van der Waals surface area contributed by atoms with Crippen molar-refractivity contribution in [3.8, 4) is 6.07 Å². The van der Waals surface area contributed by atoms with Gasteiger partial charge in [0, 0.05) is 12.2 Å². The second-order valence-electron chi connectivity index (χ2n) is 5.47. The average molecular weight is 229 g/mol. The number of pyridine rings is 1. The molecule has 1 heterocycles. The summed E-state index contributed by atoms with van der Waals surface area (Å²) in [6, 6.07) is 4.25. The third kappa shape index (κ3) is 2.41. The van der Waals surface area contributed by atoms with Crippen LogP contribution in [0.4, 0.5) is 5.82 Å². The molecular formula is C14H19N3. The van der Waals surface area contributed by atoms with Crippen LogP contribution >= 0.6 is 0 Å². The van der Waals surface area contributed by atoms with Crippen LogP contribution in [0.2, 0.25) is 0 Å². The Kier molecular flexibility index (Phi) is 3.06. The van der Waals surface area contributed by atoms with Crippen molar-refractivity contribution >= 4 is 5.82 Å². The molecule has 0 bridgehead atoms. The largest absolute Gasteiger partial charge is 0.369 e. The van der Waals surface area contributed by atoms with Gasteiger partial charge in [0.15, 0.2) is 0 Å². The van der Waals surface area contributed by atoms with Crippen molar-refractivity contribution in [2.45, 2.75) is 40.0 Å². The molecule has 0 spiro atoms. The van der Waals surface area contributed by atoms with E-state index in [4.69, 9.17) is 5.26 Å². The highest BCUT2D eigenvalue weighted by Gasteiger charge is 2.27. The van der Waals surface area contributed by atoms with Crippen molar-refractivity contribution < 1.29 is 0 Å². The SMILES string of the molecule is CCNc1nc2c(cc1C#N)CC(C)(C)CC2. The molecular weight excluding hydrogens is 210 g/mol. The average Bonchev–Trinajstić information content (AvgIpc) is 2.28. The van der Waals surface area contributed by atoms with Crippen LogP contribution in [0.3, 0.4) is 0 Å². The summed E-state index contributed by atoms with van der Waals surface area (Å²) in [6.07, 6.45) is 3.22. The van der Waals surface area contributed by atoms with Gasteiger partial charge in [-0.1, -0.05) is 13.8 Å². The third-order valence-electron chi connectivity index (χ3n) is 3.36. The first kappa shape index (κ1) is 11.9. The Bertz CT molecular complexity index is 469. The van der Waals surface area contributed by atoms with Gasteiger partial charge in [0.1, 0.15) is 11.9 Å². The van der Waals surface area contributed by atoms with Gasteiger partial charge in [0.2, 0.25) is 0 Å². The van der Waals surface area contributed by atoms with Crippen molar-refractivity contribution in [3.63, 3.8) is 0 Å². The highest BCUT2D eigenvalue weighted by Crippen LogP contribution is 2.35. The normalized spacial score (nSPS) is 17.1. The third-order valence-corrected chi connectivity index (χ3v) is 3.36. The molecule has 0 fully saturated rings. The van der Waals surface area contributed by atoms with E-state index < -0.39 is 0 Å². The maximum atomic E-state index is 9.15. The molecule has 1 aromatic rings. The molecule has 0 saturated heterocycles. The summed E-state index contributed by atoms with van der Waals surface area (Å²) in [5, 5.41) is 12.3. The van der Waals surface area contributed by atoms with Gasteiger partial charge in [-0.15, -0.1) is 0 Å². The monoisotopic (exact) mass is 229 g/mol. The first-order valence-electron chi connectivity index (χ1n) is 6.22. The number of hydrogen-bond acceptors (Lipinski definition) is 3. The Morgan fingerprint density at radius 3 is 2.94 bits per heavy atom. The number of nitrogens with one attached hydrogen (secondary N) is 1. The van der Waals surface area contributed by atoms with Gasteiger partial charge in [-0.25, -0.2) is 4.98 Å². The van der Waals surface area contributed by atoms with Crippen molar-refractivity contribution in [3.05, 3.63) is 22.9 Å². The fourth-order valence-corrected chi connectivity index (χ4v) is 2.41. The van der Waals surface area contributed by atoms with Crippen LogP contribution in [0.15, 0.2) is 6.07 Å².